The molecule has 25 nitrogen and oxygen atoms in total. The number of nitrogen functional groups attached to an aromatic ring is 2. The molecule has 308 valence electrons. The third-order valence-electron chi connectivity index (χ3n) is 8.39. The van der Waals surface area contributed by atoms with Crippen molar-refractivity contribution in [1.29, 1.82) is 0 Å². The zero-order valence-corrected chi connectivity index (χ0v) is 33.0. The maximum atomic E-state index is 13.9. The van der Waals surface area contributed by atoms with Crippen molar-refractivity contribution >= 4 is 65.8 Å². The van der Waals surface area contributed by atoms with Gasteiger partial charge in [0.1, 0.15) is 42.1 Å². The fourth-order valence-electron chi connectivity index (χ4n) is 5.82. The van der Waals surface area contributed by atoms with Crippen LogP contribution in [0.3, 0.4) is 0 Å². The number of carbonyl (C=O) groups excluding carboxylic acids is 1. The first-order chi connectivity index (χ1) is 26.4. The Bertz CT molecular complexity index is 2070. The van der Waals surface area contributed by atoms with Gasteiger partial charge in [0.25, 0.3) is 0 Å². The van der Waals surface area contributed by atoms with Crippen LogP contribution in [0, 0.1) is 0 Å². The summed E-state index contributed by atoms with van der Waals surface area (Å²) in [5.74, 6) is -1.07. The van der Waals surface area contributed by atoms with Crippen LogP contribution in [0.1, 0.15) is 39.1 Å². The Labute approximate surface area is 324 Å². The Hall–Kier alpha value is -3.39. The first-order valence-corrected chi connectivity index (χ1v) is 22.1. The summed E-state index contributed by atoms with van der Waals surface area (Å²) in [7, 11) is -7.16. The molecule has 10 atom stereocenters. The Kier molecular flexibility index (Phi) is 14.4. The molecule has 2 aliphatic heterocycles. The molecule has 56 heavy (non-hydrogen) atoms. The van der Waals surface area contributed by atoms with E-state index in [-0.39, 0.29) is 46.3 Å². The third kappa shape index (κ3) is 10.8. The molecule has 0 bridgehead atoms. The molecule has 0 radical (unpaired) electrons. The van der Waals surface area contributed by atoms with E-state index in [1.54, 1.807) is 0 Å². The Morgan fingerprint density at radius 1 is 1.12 bits per heavy atom. The predicted molar refractivity (Wildman–Crippen MR) is 199 cm³/mol. The largest absolute Gasteiger partial charge is 0.469 e. The molecule has 10 N–H and O–H groups in total. The van der Waals surface area contributed by atoms with E-state index in [0.717, 1.165) is 10.9 Å². The number of hydrogen-bond acceptors (Lipinski definition) is 20. The van der Waals surface area contributed by atoms with E-state index in [9.17, 15) is 38.5 Å². The molecule has 3 aromatic rings. The van der Waals surface area contributed by atoms with Crippen molar-refractivity contribution in [2.24, 2.45) is 10.8 Å². The van der Waals surface area contributed by atoms with Crippen LogP contribution < -0.4 is 22.9 Å². The number of nitrogens with two attached hydrogens (primary N) is 3. The Morgan fingerprint density at radius 2 is 1.86 bits per heavy atom. The summed E-state index contributed by atoms with van der Waals surface area (Å²) < 4.78 is 55.3. The molecule has 2 fully saturated rings. The fraction of sp³-hybridized carbons (Fsp3) is 0.630. The molecular formula is C27H40N12O13P2S2. The average molecular weight is 867 g/mol. The minimum absolute atomic E-state index is 0.0121. The van der Waals surface area contributed by atoms with Gasteiger partial charge in [0, 0.05) is 34.6 Å². The Morgan fingerprint density at radius 3 is 2.54 bits per heavy atom. The maximum Gasteiger partial charge on any atom is 0.469 e. The number of aromatic nitrogens is 6. The van der Waals surface area contributed by atoms with Crippen LogP contribution in [0.4, 0.5) is 11.6 Å². The van der Waals surface area contributed by atoms with Gasteiger partial charge in [-0.25, -0.2) is 24.3 Å². The fourth-order valence-corrected chi connectivity index (χ4v) is 10.1. The zero-order valence-electron chi connectivity index (χ0n) is 29.5. The van der Waals surface area contributed by atoms with Crippen LogP contribution in [-0.2, 0) is 37.2 Å². The van der Waals surface area contributed by atoms with Crippen molar-refractivity contribution in [2.45, 2.75) is 85.8 Å². The van der Waals surface area contributed by atoms with Crippen molar-refractivity contribution < 1.29 is 57.0 Å². The van der Waals surface area contributed by atoms with Gasteiger partial charge in [-0.15, -0.1) is 0 Å². The van der Waals surface area contributed by atoms with E-state index >= 15 is 0 Å². The number of rotatable bonds is 18. The maximum absolute atomic E-state index is 13.9. The first kappa shape index (κ1) is 43.7. The smallest absolute Gasteiger partial charge is 0.455 e. The number of ether oxygens (including phenoxy) is 3. The number of phosphoric ester groups is 1. The second-order valence-electron chi connectivity index (χ2n) is 12.8. The first-order valence-electron chi connectivity index (χ1n) is 16.6. The van der Waals surface area contributed by atoms with E-state index < -0.39 is 95.3 Å². The summed E-state index contributed by atoms with van der Waals surface area (Å²) in [6.45, 7) is 2.24. The van der Waals surface area contributed by atoms with Gasteiger partial charge < -0.3 is 55.7 Å². The molecule has 0 aliphatic carbocycles. The number of aliphatic hydroxyl groups excluding tert-OH is 1. The van der Waals surface area contributed by atoms with Gasteiger partial charge in [0.15, 0.2) is 23.8 Å². The number of fused-ring (bicyclic) bond motifs is 1. The number of imidazole rings is 1. The molecule has 5 heterocycles. The van der Waals surface area contributed by atoms with Gasteiger partial charge in [-0.05, 0) is 18.0 Å². The number of aliphatic hydroxyl groups is 1. The minimum Gasteiger partial charge on any atom is -0.455 e. The minimum atomic E-state index is -5.09. The van der Waals surface area contributed by atoms with Crippen LogP contribution in [0.15, 0.2) is 34.8 Å². The van der Waals surface area contributed by atoms with Crippen LogP contribution in [0.25, 0.3) is 21.6 Å². The number of esters is 1. The lowest BCUT2D eigenvalue weighted by Crippen LogP contribution is -2.44. The lowest BCUT2D eigenvalue weighted by Gasteiger charge is -2.26. The van der Waals surface area contributed by atoms with Crippen molar-refractivity contribution in [1.82, 2.24) is 29.1 Å². The summed E-state index contributed by atoms with van der Waals surface area (Å²) in [4.78, 5) is 74.5. The quantitative estimate of drug-likeness (QED) is 0.0229. The van der Waals surface area contributed by atoms with Gasteiger partial charge >= 0.3 is 27.1 Å². The summed E-state index contributed by atoms with van der Waals surface area (Å²) in [5.41, 5.74) is 24.4. The highest BCUT2D eigenvalue weighted by atomic mass is 33.1. The molecule has 2 unspecified atom stereocenters. The molecule has 2 aliphatic rings. The highest BCUT2D eigenvalue weighted by Gasteiger charge is 2.52. The number of phosphoric acid groups is 1. The van der Waals surface area contributed by atoms with Gasteiger partial charge in [0.2, 0.25) is 0 Å². The van der Waals surface area contributed by atoms with Crippen molar-refractivity contribution in [3.05, 3.63) is 45.8 Å². The molecule has 5 rings (SSSR count). The van der Waals surface area contributed by atoms with E-state index in [1.807, 2.05) is 13.8 Å². The van der Waals surface area contributed by atoms with E-state index in [0.29, 0.717) is 0 Å². The molecule has 0 amide bonds. The highest BCUT2D eigenvalue weighted by molar-refractivity contribution is 8.77. The number of nitrogens with zero attached hydrogens (tertiary/aromatic N) is 9. The lowest BCUT2D eigenvalue weighted by molar-refractivity contribution is -0.158. The van der Waals surface area contributed by atoms with Crippen LogP contribution in [0.2, 0.25) is 0 Å². The highest BCUT2D eigenvalue weighted by Crippen LogP contribution is 2.56. The standard InChI is InChI=1S/C27H40N12O13P2S2/c1-12(2)55-56-13(7-35-37-31)5-14(28)26(41)52-22-16(51-25(21(22)40)39-11-34-20-23(30)32-10-33-24(20)39)9-48-53(43,44)17-6-19(38-4-3-18(29)36-27(38)42)50-15(17)8-49-54(45,46)47/h3-4,10-17,19,21-22,25,40H,5-9,28H2,1-2H3,(H,43,44)(H2,29,36,42)(H2,30,32,33)(H2,45,46,47)/t13?,14-,15+,16+,17-,19+,21+,22+,25+/m0/s1. The van der Waals surface area contributed by atoms with Gasteiger partial charge in [0.05, 0.1) is 31.3 Å². The number of carbonyl (C=O) groups is 1. The topological polar surface area (TPSA) is 384 Å². The number of hydrogen-bond donors (Lipinski definition) is 7. The van der Waals surface area contributed by atoms with Gasteiger partial charge in [-0.1, -0.05) is 40.5 Å². The van der Waals surface area contributed by atoms with Crippen LogP contribution >= 0.6 is 37.0 Å². The predicted octanol–water partition coefficient (Wildman–Crippen LogP) is 0.571. The monoisotopic (exact) mass is 866 g/mol. The zero-order chi connectivity index (χ0) is 40.9. The van der Waals surface area contributed by atoms with Gasteiger partial charge in [-0.2, -0.15) is 4.98 Å². The lowest BCUT2D eigenvalue weighted by atomic mass is 10.1. The molecule has 0 spiro atoms. The van der Waals surface area contributed by atoms with Gasteiger partial charge in [-0.3, -0.25) is 23.0 Å². The normalized spacial score (nSPS) is 26.2. The number of anilines is 2. The van der Waals surface area contributed by atoms with Crippen molar-refractivity contribution in [2.75, 3.05) is 31.2 Å². The van der Waals surface area contributed by atoms with E-state index in [1.165, 1.54) is 44.7 Å². The number of azide groups is 1. The average Bonchev–Trinajstić information content (AvgIpc) is 3.84. The van der Waals surface area contributed by atoms with Crippen LogP contribution in [0.5, 0.6) is 0 Å². The summed E-state index contributed by atoms with van der Waals surface area (Å²) in [6.07, 6.45) is -5.63. The summed E-state index contributed by atoms with van der Waals surface area (Å²) in [5, 5.41) is 15.0. The summed E-state index contributed by atoms with van der Waals surface area (Å²) in [6, 6.07) is -0.00443. The van der Waals surface area contributed by atoms with E-state index in [2.05, 4.69) is 34.5 Å². The van der Waals surface area contributed by atoms with E-state index in [4.69, 9.17) is 41.5 Å². The second-order valence-corrected chi connectivity index (χ2v) is 19.2. The molecule has 3 aromatic heterocycles. The molecular weight excluding hydrogens is 826 g/mol. The third-order valence-corrected chi connectivity index (χ3v) is 14.2. The SMILES string of the molecule is CC(C)SSC(CN=[N+]=[N-])C[C@H](N)C(=O)O[C@H]1[C@@H](O)[C@H](n2cnc3c(N)ncnc32)O[C@@H]1COP(=O)(O)[C@H]1C[C@H](n2ccc(N)nc2=O)O[C@@H]1COP(=O)(O)O. The summed E-state index contributed by atoms with van der Waals surface area (Å²) >= 11 is 0. The second kappa shape index (κ2) is 18.5. The molecule has 29 heteroatoms. The van der Waals surface area contributed by atoms with Crippen LogP contribution in [-0.4, -0.2) is 121 Å². The molecule has 0 saturated carbocycles. The van der Waals surface area contributed by atoms with Crippen molar-refractivity contribution in [3.8, 4) is 0 Å². The van der Waals surface area contributed by atoms with Crippen molar-refractivity contribution in [3.63, 3.8) is 0 Å². The Balaban J connectivity index is 1.39. The molecule has 0 aromatic carbocycles. The molecule has 2 saturated heterocycles.